The van der Waals surface area contributed by atoms with Gasteiger partial charge in [-0.25, -0.2) is 0 Å². The number of hydrogen-bond donors (Lipinski definition) is 1. The van der Waals surface area contributed by atoms with Gasteiger partial charge in [0.15, 0.2) is 0 Å². The lowest BCUT2D eigenvalue weighted by Gasteiger charge is -2.18. The number of thiocarbonyl (C=S) groups is 1. The van der Waals surface area contributed by atoms with E-state index in [-0.39, 0.29) is 24.3 Å². The van der Waals surface area contributed by atoms with Crippen LogP contribution in [0.4, 0.5) is 11.4 Å². The standard InChI is InChI=1S/C25H25N3O4S2/c1-15-8-6-9-16(2)21(15)26-19(29)14-28-18-11-5-4-10-17(18)20(23(28)30)22-24(31)27(25(33)34-22)12-7-13-32-3/h4-6,8-11H,7,12-14H2,1-3H3,(H,26,29)/b22-20-. The Bertz CT molecular complexity index is 1200. The van der Waals surface area contributed by atoms with Crippen molar-refractivity contribution in [2.45, 2.75) is 20.3 Å². The Labute approximate surface area is 208 Å². The number of rotatable bonds is 7. The number of benzene rings is 2. The normalized spacial score (nSPS) is 17.6. The van der Waals surface area contributed by atoms with E-state index in [2.05, 4.69) is 5.32 Å². The van der Waals surface area contributed by atoms with E-state index in [9.17, 15) is 14.4 Å². The number of thioether (sulfide) groups is 1. The molecule has 2 heterocycles. The van der Waals surface area contributed by atoms with Gasteiger partial charge in [-0.3, -0.25) is 24.2 Å². The van der Waals surface area contributed by atoms with E-state index in [4.69, 9.17) is 17.0 Å². The lowest BCUT2D eigenvalue weighted by Crippen LogP contribution is -2.36. The minimum atomic E-state index is -0.379. The maximum absolute atomic E-state index is 13.5. The highest BCUT2D eigenvalue weighted by molar-refractivity contribution is 8.26. The van der Waals surface area contributed by atoms with Crippen molar-refractivity contribution in [2.24, 2.45) is 0 Å². The number of amides is 3. The van der Waals surface area contributed by atoms with Crippen molar-refractivity contribution in [2.75, 3.05) is 37.0 Å². The third-order valence-electron chi connectivity index (χ3n) is 5.78. The molecule has 1 fully saturated rings. The summed E-state index contributed by atoms with van der Waals surface area (Å²) in [4.78, 5) is 42.9. The summed E-state index contributed by atoms with van der Waals surface area (Å²) in [5.74, 6) is -0.977. The van der Waals surface area contributed by atoms with Crippen molar-refractivity contribution in [1.82, 2.24) is 4.90 Å². The van der Waals surface area contributed by atoms with E-state index in [1.54, 1.807) is 25.3 Å². The summed E-state index contributed by atoms with van der Waals surface area (Å²) in [6.45, 7) is 4.61. The highest BCUT2D eigenvalue weighted by Crippen LogP contribution is 2.44. The number of aryl methyl sites for hydroxylation is 2. The Morgan fingerprint density at radius 1 is 1.03 bits per heavy atom. The summed E-state index contributed by atoms with van der Waals surface area (Å²) in [6.07, 6.45) is 0.640. The van der Waals surface area contributed by atoms with Crippen LogP contribution < -0.4 is 10.2 Å². The molecule has 7 nitrogen and oxygen atoms in total. The smallest absolute Gasteiger partial charge is 0.267 e. The van der Waals surface area contributed by atoms with Gasteiger partial charge in [-0.1, -0.05) is 60.4 Å². The maximum Gasteiger partial charge on any atom is 0.267 e. The van der Waals surface area contributed by atoms with E-state index in [0.29, 0.717) is 45.6 Å². The number of anilines is 2. The second-order valence-corrected chi connectivity index (χ2v) is 9.74. The molecule has 0 bridgehead atoms. The highest BCUT2D eigenvalue weighted by Gasteiger charge is 2.42. The molecule has 4 rings (SSSR count). The van der Waals surface area contributed by atoms with Crippen molar-refractivity contribution in [3.63, 3.8) is 0 Å². The van der Waals surface area contributed by atoms with E-state index >= 15 is 0 Å². The first-order valence-corrected chi connectivity index (χ1v) is 12.1. The molecule has 176 valence electrons. The van der Waals surface area contributed by atoms with Crippen LogP contribution >= 0.6 is 24.0 Å². The summed E-state index contributed by atoms with van der Waals surface area (Å²) in [5.41, 5.74) is 4.15. The molecule has 0 aliphatic carbocycles. The number of nitrogens with zero attached hydrogens (tertiary/aromatic N) is 2. The number of methoxy groups -OCH3 is 1. The van der Waals surface area contributed by atoms with Crippen LogP contribution in [-0.4, -0.2) is 53.7 Å². The predicted molar refractivity (Wildman–Crippen MR) is 139 cm³/mol. The molecule has 2 aromatic carbocycles. The van der Waals surface area contributed by atoms with Crippen LogP contribution in [0.25, 0.3) is 5.57 Å². The fourth-order valence-corrected chi connectivity index (χ4v) is 5.48. The second kappa shape index (κ2) is 10.1. The van der Waals surface area contributed by atoms with Crippen LogP contribution in [0.1, 0.15) is 23.1 Å². The molecule has 0 aromatic heterocycles. The maximum atomic E-state index is 13.5. The number of fused-ring (bicyclic) bond motifs is 1. The number of carbonyl (C=O) groups excluding carboxylic acids is 3. The molecular formula is C25H25N3O4S2. The van der Waals surface area contributed by atoms with Crippen molar-refractivity contribution in [3.05, 3.63) is 64.1 Å². The lowest BCUT2D eigenvalue weighted by molar-refractivity contribution is -0.122. The number of ether oxygens (including phenoxy) is 1. The first-order valence-electron chi connectivity index (χ1n) is 10.9. The van der Waals surface area contributed by atoms with Gasteiger partial charge >= 0.3 is 0 Å². The van der Waals surface area contributed by atoms with Gasteiger partial charge in [-0.15, -0.1) is 0 Å². The van der Waals surface area contributed by atoms with Crippen LogP contribution in [0.3, 0.4) is 0 Å². The van der Waals surface area contributed by atoms with E-state index in [0.717, 1.165) is 28.6 Å². The third-order valence-corrected chi connectivity index (χ3v) is 7.23. The Kier molecular flexibility index (Phi) is 7.16. The molecule has 1 saturated heterocycles. The Morgan fingerprint density at radius 2 is 1.74 bits per heavy atom. The minimum Gasteiger partial charge on any atom is -0.385 e. The van der Waals surface area contributed by atoms with Crippen LogP contribution in [0.15, 0.2) is 47.4 Å². The summed E-state index contributed by atoms with van der Waals surface area (Å²) < 4.78 is 5.49. The second-order valence-electron chi connectivity index (χ2n) is 8.10. The Hall–Kier alpha value is -3.01. The van der Waals surface area contributed by atoms with Crippen molar-refractivity contribution >= 4 is 63.0 Å². The molecule has 0 saturated carbocycles. The Morgan fingerprint density at radius 3 is 2.44 bits per heavy atom. The average Bonchev–Trinajstić information content (AvgIpc) is 3.24. The van der Waals surface area contributed by atoms with Gasteiger partial charge in [0.1, 0.15) is 10.9 Å². The Balaban J connectivity index is 1.62. The summed E-state index contributed by atoms with van der Waals surface area (Å²) in [5, 5.41) is 2.93. The van der Waals surface area contributed by atoms with Crippen molar-refractivity contribution < 1.29 is 19.1 Å². The quantitative estimate of drug-likeness (QED) is 0.357. The fraction of sp³-hybridized carbons (Fsp3) is 0.280. The van der Waals surface area contributed by atoms with Gasteiger partial charge < -0.3 is 10.1 Å². The zero-order valence-electron chi connectivity index (χ0n) is 19.2. The molecule has 1 N–H and O–H groups in total. The summed E-state index contributed by atoms with van der Waals surface area (Å²) >= 11 is 6.55. The van der Waals surface area contributed by atoms with Gasteiger partial charge in [0.2, 0.25) is 5.91 Å². The van der Waals surface area contributed by atoms with Gasteiger partial charge in [0, 0.05) is 31.5 Å². The van der Waals surface area contributed by atoms with Crippen LogP contribution in [0, 0.1) is 13.8 Å². The molecule has 0 spiro atoms. The van der Waals surface area contributed by atoms with E-state index in [1.165, 1.54) is 9.80 Å². The van der Waals surface area contributed by atoms with Gasteiger partial charge in [0.25, 0.3) is 11.8 Å². The number of hydrogen-bond acceptors (Lipinski definition) is 6. The molecule has 2 aliphatic heterocycles. The van der Waals surface area contributed by atoms with Crippen LogP contribution in [-0.2, 0) is 19.1 Å². The minimum absolute atomic E-state index is 0.165. The largest absolute Gasteiger partial charge is 0.385 e. The molecule has 0 radical (unpaired) electrons. The van der Waals surface area contributed by atoms with Gasteiger partial charge in [0.05, 0.1) is 16.2 Å². The SMILES string of the molecule is COCCCN1C(=O)/C(=C2/C(=O)N(CC(=O)Nc3c(C)cccc3C)c3ccccc32)SC1=S. The predicted octanol–water partition coefficient (Wildman–Crippen LogP) is 3.90. The lowest BCUT2D eigenvalue weighted by atomic mass is 10.1. The molecule has 34 heavy (non-hydrogen) atoms. The average molecular weight is 496 g/mol. The summed E-state index contributed by atoms with van der Waals surface area (Å²) in [7, 11) is 1.60. The molecule has 0 unspecified atom stereocenters. The van der Waals surface area contributed by atoms with Crippen LogP contribution in [0.2, 0.25) is 0 Å². The molecular weight excluding hydrogens is 470 g/mol. The molecule has 3 amide bonds. The van der Waals surface area contributed by atoms with E-state index < -0.39 is 0 Å². The zero-order chi connectivity index (χ0) is 24.4. The monoisotopic (exact) mass is 495 g/mol. The van der Waals surface area contributed by atoms with Crippen LogP contribution in [0.5, 0.6) is 0 Å². The van der Waals surface area contributed by atoms with Gasteiger partial charge in [-0.2, -0.15) is 0 Å². The molecule has 0 atom stereocenters. The zero-order valence-corrected chi connectivity index (χ0v) is 20.8. The number of nitrogens with one attached hydrogen (secondary N) is 1. The number of para-hydroxylation sites is 2. The van der Waals surface area contributed by atoms with Crippen molar-refractivity contribution in [1.29, 1.82) is 0 Å². The van der Waals surface area contributed by atoms with E-state index in [1.807, 2.05) is 38.1 Å². The van der Waals surface area contributed by atoms with Gasteiger partial charge in [-0.05, 0) is 37.5 Å². The topological polar surface area (TPSA) is 79.0 Å². The fourth-order valence-electron chi connectivity index (χ4n) is 4.10. The first-order chi connectivity index (χ1) is 16.3. The third kappa shape index (κ3) is 4.51. The molecule has 2 aromatic rings. The van der Waals surface area contributed by atoms with Crippen molar-refractivity contribution in [3.8, 4) is 0 Å². The first kappa shape index (κ1) is 24.1. The number of carbonyl (C=O) groups is 3. The summed E-state index contributed by atoms with van der Waals surface area (Å²) in [6, 6.07) is 13.0. The molecule has 9 heteroatoms. The highest BCUT2D eigenvalue weighted by atomic mass is 32.2. The molecule has 2 aliphatic rings.